The normalized spacial score (nSPS) is 16.3. The molecule has 1 unspecified atom stereocenters. The van der Waals surface area contributed by atoms with Crippen molar-refractivity contribution in [3.05, 3.63) is 82.1 Å². The topological polar surface area (TPSA) is 50.2 Å². The Bertz CT molecular complexity index is 967. The van der Waals surface area contributed by atoms with Gasteiger partial charge in [0.2, 0.25) is 0 Å². The van der Waals surface area contributed by atoms with E-state index in [-0.39, 0.29) is 12.1 Å². The Balaban J connectivity index is 1.71. The van der Waals surface area contributed by atoms with Crippen LogP contribution in [0.3, 0.4) is 0 Å². The Kier molecular flexibility index (Phi) is 4.17. The lowest BCUT2D eigenvalue weighted by Gasteiger charge is -2.35. The van der Waals surface area contributed by atoms with E-state index in [2.05, 4.69) is 10.4 Å². The first-order valence-corrected chi connectivity index (χ1v) is 8.83. The second-order valence-corrected chi connectivity index (χ2v) is 6.80. The van der Waals surface area contributed by atoms with E-state index < -0.39 is 0 Å². The molecule has 1 N–H and O–H groups in total. The minimum absolute atomic E-state index is 0.0318. The molecule has 5 nitrogen and oxygen atoms in total. The zero-order valence-electron chi connectivity index (χ0n) is 14.6. The van der Waals surface area contributed by atoms with Crippen molar-refractivity contribution >= 4 is 23.2 Å². The highest BCUT2D eigenvalue weighted by Crippen LogP contribution is 2.36. The van der Waals surface area contributed by atoms with Crippen molar-refractivity contribution in [3.8, 4) is 0 Å². The molecule has 0 radical (unpaired) electrons. The van der Waals surface area contributed by atoms with Gasteiger partial charge in [0.05, 0.1) is 23.4 Å². The SMILES string of the molecule is Cc1nn(Cc2ccccc2)c(Cl)c1C1Nc2ccccc2C(=O)N1C. The Hall–Kier alpha value is -2.79. The predicted octanol–water partition coefficient (Wildman–Crippen LogP) is 4.09. The van der Waals surface area contributed by atoms with Crippen molar-refractivity contribution < 1.29 is 4.79 Å². The fourth-order valence-electron chi connectivity index (χ4n) is 3.35. The predicted molar refractivity (Wildman–Crippen MR) is 102 cm³/mol. The van der Waals surface area contributed by atoms with Crippen LogP contribution in [0.25, 0.3) is 0 Å². The molecule has 1 atom stereocenters. The minimum Gasteiger partial charge on any atom is -0.361 e. The van der Waals surface area contributed by atoms with Crippen molar-refractivity contribution in [1.29, 1.82) is 0 Å². The second-order valence-electron chi connectivity index (χ2n) is 6.44. The summed E-state index contributed by atoms with van der Waals surface area (Å²) in [5.41, 5.74) is 4.23. The molecule has 1 aliphatic heterocycles. The first kappa shape index (κ1) is 16.7. The Morgan fingerprint density at radius 1 is 1.12 bits per heavy atom. The largest absolute Gasteiger partial charge is 0.361 e. The van der Waals surface area contributed by atoms with Gasteiger partial charge in [0, 0.05) is 12.7 Å². The maximum Gasteiger partial charge on any atom is 0.257 e. The van der Waals surface area contributed by atoms with Crippen LogP contribution in [0.1, 0.15) is 33.3 Å². The average Bonchev–Trinajstić information content (AvgIpc) is 2.92. The fraction of sp³-hybridized carbons (Fsp3) is 0.200. The molecule has 4 rings (SSSR count). The Labute approximate surface area is 157 Å². The molecule has 132 valence electrons. The van der Waals surface area contributed by atoms with E-state index in [1.54, 1.807) is 16.6 Å². The van der Waals surface area contributed by atoms with E-state index in [1.165, 1.54) is 0 Å². The van der Waals surface area contributed by atoms with Gasteiger partial charge in [-0.05, 0) is 24.6 Å². The number of benzene rings is 2. The summed E-state index contributed by atoms with van der Waals surface area (Å²) in [6, 6.07) is 17.6. The van der Waals surface area contributed by atoms with Gasteiger partial charge in [-0.25, -0.2) is 4.68 Å². The van der Waals surface area contributed by atoms with Gasteiger partial charge >= 0.3 is 0 Å². The molecule has 0 fully saturated rings. The molecule has 0 saturated carbocycles. The molecule has 1 aromatic heterocycles. The summed E-state index contributed by atoms with van der Waals surface area (Å²) in [6.07, 6.45) is -0.352. The quantitative estimate of drug-likeness (QED) is 0.759. The number of anilines is 1. The van der Waals surface area contributed by atoms with Crippen LogP contribution in [0.4, 0.5) is 5.69 Å². The van der Waals surface area contributed by atoms with Crippen molar-refractivity contribution in [1.82, 2.24) is 14.7 Å². The summed E-state index contributed by atoms with van der Waals surface area (Å²) in [6.45, 7) is 2.50. The lowest BCUT2D eigenvalue weighted by Crippen LogP contribution is -2.40. The molecular formula is C20H19ClN4O. The molecule has 1 aliphatic rings. The maximum absolute atomic E-state index is 12.7. The highest BCUT2D eigenvalue weighted by Gasteiger charge is 2.34. The molecule has 2 aromatic carbocycles. The number of nitrogens with zero attached hydrogens (tertiary/aromatic N) is 3. The number of rotatable bonds is 3. The smallest absolute Gasteiger partial charge is 0.257 e. The molecular weight excluding hydrogens is 348 g/mol. The van der Waals surface area contributed by atoms with Gasteiger partial charge in [-0.15, -0.1) is 0 Å². The number of aromatic nitrogens is 2. The molecule has 0 spiro atoms. The van der Waals surface area contributed by atoms with Gasteiger partial charge in [-0.1, -0.05) is 54.1 Å². The first-order valence-electron chi connectivity index (χ1n) is 8.45. The van der Waals surface area contributed by atoms with Gasteiger partial charge in [-0.2, -0.15) is 5.10 Å². The number of hydrogen-bond donors (Lipinski definition) is 1. The van der Waals surface area contributed by atoms with Crippen LogP contribution in [0.5, 0.6) is 0 Å². The van der Waals surface area contributed by atoms with E-state index in [4.69, 9.17) is 11.6 Å². The molecule has 0 bridgehead atoms. The summed E-state index contributed by atoms with van der Waals surface area (Å²) in [5.74, 6) is -0.0318. The fourth-order valence-corrected chi connectivity index (χ4v) is 3.69. The number of carbonyl (C=O) groups is 1. The summed E-state index contributed by atoms with van der Waals surface area (Å²) >= 11 is 6.68. The molecule has 2 heterocycles. The lowest BCUT2D eigenvalue weighted by molar-refractivity contribution is 0.0735. The van der Waals surface area contributed by atoms with Crippen LogP contribution in [0, 0.1) is 6.92 Å². The van der Waals surface area contributed by atoms with Gasteiger partial charge in [0.25, 0.3) is 5.91 Å². The number of aryl methyl sites for hydroxylation is 1. The van der Waals surface area contributed by atoms with E-state index in [0.29, 0.717) is 17.3 Å². The zero-order chi connectivity index (χ0) is 18.3. The van der Waals surface area contributed by atoms with Gasteiger partial charge in [0.15, 0.2) is 0 Å². The highest BCUT2D eigenvalue weighted by molar-refractivity contribution is 6.30. The molecule has 26 heavy (non-hydrogen) atoms. The first-order chi connectivity index (χ1) is 12.6. The van der Waals surface area contributed by atoms with Gasteiger partial charge in [0.1, 0.15) is 11.3 Å². The van der Waals surface area contributed by atoms with E-state index in [1.807, 2.05) is 61.5 Å². The van der Waals surface area contributed by atoms with Crippen molar-refractivity contribution in [2.45, 2.75) is 19.6 Å². The zero-order valence-corrected chi connectivity index (χ0v) is 15.4. The number of hydrogen-bond acceptors (Lipinski definition) is 3. The lowest BCUT2D eigenvalue weighted by atomic mass is 10.0. The van der Waals surface area contributed by atoms with Crippen LogP contribution < -0.4 is 5.32 Å². The van der Waals surface area contributed by atoms with Gasteiger partial charge < -0.3 is 10.2 Å². The summed E-state index contributed by atoms with van der Waals surface area (Å²) in [7, 11) is 1.78. The van der Waals surface area contributed by atoms with Crippen LogP contribution in [0.15, 0.2) is 54.6 Å². The summed E-state index contributed by atoms with van der Waals surface area (Å²) in [4.78, 5) is 14.4. The average molecular weight is 367 g/mol. The number of para-hydroxylation sites is 1. The van der Waals surface area contributed by atoms with Gasteiger partial charge in [-0.3, -0.25) is 4.79 Å². The van der Waals surface area contributed by atoms with Crippen LogP contribution in [-0.2, 0) is 6.54 Å². The third-order valence-electron chi connectivity index (χ3n) is 4.72. The molecule has 0 saturated heterocycles. The van der Waals surface area contributed by atoms with Crippen molar-refractivity contribution in [2.24, 2.45) is 0 Å². The molecule has 0 aliphatic carbocycles. The summed E-state index contributed by atoms with van der Waals surface area (Å²) < 4.78 is 1.78. The Morgan fingerprint density at radius 2 is 1.81 bits per heavy atom. The number of halogens is 1. The monoisotopic (exact) mass is 366 g/mol. The van der Waals surface area contributed by atoms with E-state index in [0.717, 1.165) is 22.5 Å². The summed E-state index contributed by atoms with van der Waals surface area (Å²) in [5, 5.41) is 8.57. The third kappa shape index (κ3) is 2.74. The van der Waals surface area contributed by atoms with Crippen LogP contribution in [0.2, 0.25) is 5.15 Å². The molecule has 6 heteroatoms. The number of fused-ring (bicyclic) bond motifs is 1. The number of amides is 1. The third-order valence-corrected chi connectivity index (χ3v) is 5.11. The highest BCUT2D eigenvalue weighted by atomic mass is 35.5. The number of nitrogens with one attached hydrogen (secondary N) is 1. The second kappa shape index (κ2) is 6.50. The van der Waals surface area contributed by atoms with Crippen molar-refractivity contribution in [3.63, 3.8) is 0 Å². The minimum atomic E-state index is -0.352. The van der Waals surface area contributed by atoms with E-state index >= 15 is 0 Å². The maximum atomic E-state index is 12.7. The standard InChI is InChI=1S/C20H19ClN4O/c1-13-17(18(21)25(23-13)12-14-8-4-3-5-9-14)19-22-16-11-7-6-10-15(16)20(26)24(19)2/h3-11,19,22H,12H2,1-2H3. The Morgan fingerprint density at radius 3 is 2.58 bits per heavy atom. The van der Waals surface area contributed by atoms with Crippen molar-refractivity contribution in [2.75, 3.05) is 12.4 Å². The van der Waals surface area contributed by atoms with Crippen LogP contribution in [-0.4, -0.2) is 27.6 Å². The van der Waals surface area contributed by atoms with Crippen LogP contribution >= 0.6 is 11.6 Å². The number of carbonyl (C=O) groups excluding carboxylic acids is 1. The molecule has 3 aromatic rings. The van der Waals surface area contributed by atoms with E-state index in [9.17, 15) is 4.79 Å². The molecule has 1 amide bonds.